The molecule has 1 saturated heterocycles. The molecule has 0 radical (unpaired) electrons. The molecule has 1 aliphatic rings. The maximum atomic E-state index is 12.2. The lowest BCUT2D eigenvalue weighted by Crippen LogP contribution is -2.38. The molecule has 3 rings (SSSR count). The molecule has 0 aliphatic carbocycles. The van der Waals surface area contributed by atoms with Crippen molar-refractivity contribution >= 4 is 17.4 Å². The van der Waals surface area contributed by atoms with Gasteiger partial charge in [-0.3, -0.25) is 14.6 Å². The minimum absolute atomic E-state index is 0.183. The van der Waals surface area contributed by atoms with E-state index in [9.17, 15) is 9.59 Å². The second-order valence-corrected chi connectivity index (χ2v) is 5.80. The second-order valence-electron chi connectivity index (χ2n) is 5.80. The van der Waals surface area contributed by atoms with Crippen LogP contribution in [-0.4, -0.2) is 52.0 Å². The Labute approximate surface area is 144 Å². The van der Waals surface area contributed by atoms with Crippen LogP contribution in [0.2, 0.25) is 0 Å². The summed E-state index contributed by atoms with van der Waals surface area (Å²) in [6.45, 7) is 6.10. The van der Waals surface area contributed by atoms with Crippen molar-refractivity contribution in [3.63, 3.8) is 0 Å². The van der Waals surface area contributed by atoms with Gasteiger partial charge in [-0.25, -0.2) is 9.67 Å². The van der Waals surface area contributed by atoms with Crippen LogP contribution >= 0.6 is 0 Å². The van der Waals surface area contributed by atoms with Crippen LogP contribution in [0, 0.1) is 13.8 Å². The van der Waals surface area contributed by atoms with Gasteiger partial charge in [0.1, 0.15) is 6.54 Å². The number of nitrogens with zero attached hydrogens (tertiary/aromatic N) is 5. The van der Waals surface area contributed by atoms with Crippen molar-refractivity contribution in [3.05, 3.63) is 40.2 Å². The molecule has 1 aliphatic heterocycles. The number of hydrogen-bond acceptors (Lipinski definition) is 7. The molecule has 2 aromatic rings. The minimum Gasteiger partial charge on any atom is -0.378 e. The number of amides is 1. The molecule has 0 saturated carbocycles. The summed E-state index contributed by atoms with van der Waals surface area (Å²) in [5, 5.41) is 6.75. The molecular formula is C16H20N6O3. The van der Waals surface area contributed by atoms with Gasteiger partial charge in [-0.2, -0.15) is 5.10 Å². The molecule has 25 heavy (non-hydrogen) atoms. The molecule has 1 N–H and O–H groups in total. The number of aryl methyl sites for hydroxylation is 2. The molecule has 132 valence electrons. The van der Waals surface area contributed by atoms with Gasteiger partial charge in [0.15, 0.2) is 5.82 Å². The Balaban J connectivity index is 1.67. The number of aromatic nitrogens is 4. The number of morpholine rings is 1. The first-order valence-corrected chi connectivity index (χ1v) is 8.03. The maximum absolute atomic E-state index is 12.2. The number of nitrogens with one attached hydrogen (secondary N) is 1. The normalized spacial score (nSPS) is 14.4. The number of ether oxygens (including phenoxy) is 1. The summed E-state index contributed by atoms with van der Waals surface area (Å²) in [5.74, 6) is 0.00330. The first kappa shape index (κ1) is 17.0. The van der Waals surface area contributed by atoms with Gasteiger partial charge in [0.2, 0.25) is 5.91 Å². The third kappa shape index (κ3) is 4.18. The van der Waals surface area contributed by atoms with Crippen molar-refractivity contribution in [2.45, 2.75) is 20.4 Å². The Kier molecular flexibility index (Phi) is 5.03. The highest BCUT2D eigenvalue weighted by Gasteiger charge is 2.14. The average Bonchev–Trinajstić information content (AvgIpc) is 2.60. The lowest BCUT2D eigenvalue weighted by atomic mass is 10.3. The van der Waals surface area contributed by atoms with Crippen molar-refractivity contribution < 1.29 is 9.53 Å². The molecule has 1 fully saturated rings. The molecule has 9 heteroatoms. The van der Waals surface area contributed by atoms with E-state index in [1.165, 1.54) is 6.07 Å². The standard InChI is InChI=1S/C16H20N6O3/c1-11-8-17-16(12(2)19-11)20-14(23)10-22-15(24)7-13(9-18-22)21-3-5-25-6-4-21/h7-9H,3-6,10H2,1-2H3,(H,17,20,23). The zero-order valence-electron chi connectivity index (χ0n) is 14.2. The zero-order valence-corrected chi connectivity index (χ0v) is 14.2. The summed E-state index contributed by atoms with van der Waals surface area (Å²) >= 11 is 0. The van der Waals surface area contributed by atoms with Gasteiger partial charge in [0.25, 0.3) is 5.56 Å². The number of carbonyl (C=O) groups is 1. The highest BCUT2D eigenvalue weighted by Crippen LogP contribution is 2.11. The van der Waals surface area contributed by atoms with Crippen LogP contribution in [0.4, 0.5) is 11.5 Å². The Morgan fingerprint density at radius 3 is 2.72 bits per heavy atom. The van der Waals surface area contributed by atoms with E-state index in [0.717, 1.165) is 29.2 Å². The summed E-state index contributed by atoms with van der Waals surface area (Å²) in [4.78, 5) is 34.8. The molecule has 2 aromatic heterocycles. The molecule has 0 unspecified atom stereocenters. The molecule has 9 nitrogen and oxygen atoms in total. The van der Waals surface area contributed by atoms with Gasteiger partial charge in [0, 0.05) is 19.2 Å². The SMILES string of the molecule is Cc1cnc(NC(=O)Cn2ncc(N3CCOCC3)cc2=O)c(C)n1. The first-order valence-electron chi connectivity index (χ1n) is 8.03. The van der Waals surface area contributed by atoms with E-state index in [4.69, 9.17) is 4.74 Å². The molecule has 0 bridgehead atoms. The van der Waals surface area contributed by atoms with Crippen LogP contribution in [0.1, 0.15) is 11.4 Å². The largest absolute Gasteiger partial charge is 0.378 e. The number of carbonyl (C=O) groups excluding carboxylic acids is 1. The molecule has 0 aromatic carbocycles. The van der Waals surface area contributed by atoms with Crippen molar-refractivity contribution in [1.82, 2.24) is 19.7 Å². The minimum atomic E-state index is -0.380. The van der Waals surface area contributed by atoms with E-state index in [2.05, 4.69) is 20.4 Å². The Morgan fingerprint density at radius 2 is 2.04 bits per heavy atom. The number of anilines is 2. The van der Waals surface area contributed by atoms with E-state index in [0.29, 0.717) is 24.7 Å². The monoisotopic (exact) mass is 344 g/mol. The van der Waals surface area contributed by atoms with Crippen molar-refractivity contribution in [2.24, 2.45) is 0 Å². The first-order chi connectivity index (χ1) is 12.0. The quantitative estimate of drug-likeness (QED) is 0.841. The maximum Gasteiger partial charge on any atom is 0.269 e. The van der Waals surface area contributed by atoms with Crippen LogP contribution < -0.4 is 15.8 Å². The van der Waals surface area contributed by atoms with Crippen LogP contribution in [-0.2, 0) is 16.1 Å². The lowest BCUT2D eigenvalue weighted by Gasteiger charge is -2.28. The van der Waals surface area contributed by atoms with E-state index in [1.807, 2.05) is 11.8 Å². The van der Waals surface area contributed by atoms with Gasteiger partial charge in [-0.1, -0.05) is 0 Å². The van der Waals surface area contributed by atoms with E-state index >= 15 is 0 Å². The Bertz CT molecular complexity index is 829. The van der Waals surface area contributed by atoms with Crippen molar-refractivity contribution in [1.29, 1.82) is 0 Å². The zero-order chi connectivity index (χ0) is 17.8. The summed E-state index contributed by atoms with van der Waals surface area (Å²) in [6.07, 6.45) is 3.17. The molecule has 0 spiro atoms. The predicted molar refractivity (Wildman–Crippen MR) is 91.7 cm³/mol. The smallest absolute Gasteiger partial charge is 0.269 e. The van der Waals surface area contributed by atoms with E-state index in [-0.39, 0.29) is 18.0 Å². The van der Waals surface area contributed by atoms with Crippen LogP contribution in [0.25, 0.3) is 0 Å². The predicted octanol–water partition coefficient (Wildman–Crippen LogP) is 0.125. The highest BCUT2D eigenvalue weighted by molar-refractivity contribution is 5.89. The highest BCUT2D eigenvalue weighted by atomic mass is 16.5. The van der Waals surface area contributed by atoms with Crippen molar-refractivity contribution in [3.8, 4) is 0 Å². The Morgan fingerprint density at radius 1 is 1.28 bits per heavy atom. The Hall–Kier alpha value is -2.81. The van der Waals surface area contributed by atoms with Crippen LogP contribution in [0.3, 0.4) is 0 Å². The summed E-state index contributed by atoms with van der Waals surface area (Å²) < 4.78 is 6.41. The van der Waals surface area contributed by atoms with Crippen LogP contribution in [0.15, 0.2) is 23.3 Å². The fraction of sp³-hybridized carbons (Fsp3) is 0.438. The number of hydrogen-bond donors (Lipinski definition) is 1. The van der Waals surface area contributed by atoms with Gasteiger partial charge in [-0.05, 0) is 13.8 Å². The second kappa shape index (κ2) is 7.39. The molecule has 0 atom stereocenters. The fourth-order valence-corrected chi connectivity index (χ4v) is 2.57. The molecular weight excluding hydrogens is 324 g/mol. The molecule has 3 heterocycles. The summed E-state index contributed by atoms with van der Waals surface area (Å²) in [5.41, 5.74) is 1.81. The van der Waals surface area contributed by atoms with Crippen LogP contribution in [0.5, 0.6) is 0 Å². The third-order valence-electron chi connectivity index (χ3n) is 3.85. The van der Waals surface area contributed by atoms with Gasteiger partial charge in [-0.15, -0.1) is 0 Å². The van der Waals surface area contributed by atoms with Crippen molar-refractivity contribution in [2.75, 3.05) is 36.5 Å². The fourth-order valence-electron chi connectivity index (χ4n) is 2.57. The topological polar surface area (TPSA) is 102 Å². The summed E-state index contributed by atoms with van der Waals surface area (Å²) in [7, 11) is 0. The van der Waals surface area contributed by atoms with Gasteiger partial charge in [0.05, 0.1) is 42.7 Å². The average molecular weight is 344 g/mol. The van der Waals surface area contributed by atoms with E-state index < -0.39 is 0 Å². The number of rotatable bonds is 4. The van der Waals surface area contributed by atoms with Gasteiger partial charge < -0.3 is 15.0 Å². The van der Waals surface area contributed by atoms with E-state index in [1.54, 1.807) is 19.3 Å². The van der Waals surface area contributed by atoms with Gasteiger partial charge >= 0.3 is 0 Å². The lowest BCUT2D eigenvalue weighted by molar-refractivity contribution is -0.117. The molecule has 1 amide bonds. The third-order valence-corrected chi connectivity index (χ3v) is 3.85. The summed E-state index contributed by atoms with van der Waals surface area (Å²) in [6, 6.07) is 1.49.